The lowest BCUT2D eigenvalue weighted by molar-refractivity contribution is 0.455. The van der Waals surface area contributed by atoms with Gasteiger partial charge in [0, 0.05) is 34.8 Å². The van der Waals surface area contributed by atoms with Crippen molar-refractivity contribution in [2.24, 2.45) is 0 Å². The van der Waals surface area contributed by atoms with Crippen molar-refractivity contribution >= 4 is 66.9 Å². The maximum absolute atomic E-state index is 13.0. The van der Waals surface area contributed by atoms with Gasteiger partial charge >= 0.3 is 0 Å². The zero-order valence-electron chi connectivity index (χ0n) is 30.4. The summed E-state index contributed by atoms with van der Waals surface area (Å²) in [7, 11) is -3.71. The van der Waals surface area contributed by atoms with Crippen LogP contribution in [0, 0.1) is 6.92 Å². The number of halogens is 2. The fourth-order valence-electron chi connectivity index (χ4n) is 5.94. The lowest BCUT2D eigenvalue weighted by Crippen LogP contribution is -2.11. The Labute approximate surface area is 340 Å². The molecule has 0 aliphatic rings. The fraction of sp³-hybridized carbons (Fsp3) is 0.0769. The number of anilines is 2. The molecule has 0 bridgehead atoms. The molecule has 6 heterocycles. The van der Waals surface area contributed by atoms with E-state index in [2.05, 4.69) is 35.1 Å². The molecule has 0 unspecified atom stereocenters. The second-order valence-electron chi connectivity index (χ2n) is 12.8. The zero-order valence-corrected chi connectivity index (χ0v) is 32.8. The summed E-state index contributed by atoms with van der Waals surface area (Å²) in [6.07, 6.45) is 9.55. The first-order valence-electron chi connectivity index (χ1n) is 17.4. The van der Waals surface area contributed by atoms with Gasteiger partial charge in [-0.3, -0.25) is 0 Å². The van der Waals surface area contributed by atoms with E-state index < -0.39 is 10.0 Å². The monoisotopic (exact) mass is 834 g/mol. The van der Waals surface area contributed by atoms with Gasteiger partial charge in [0.15, 0.2) is 11.3 Å². The lowest BCUT2D eigenvalue weighted by atomic mass is 10.2. The topological polar surface area (TPSA) is 213 Å². The third kappa shape index (κ3) is 7.99. The van der Waals surface area contributed by atoms with Crippen LogP contribution in [0.1, 0.15) is 16.7 Å². The van der Waals surface area contributed by atoms with E-state index in [9.17, 15) is 8.42 Å². The van der Waals surface area contributed by atoms with Crippen LogP contribution in [0.4, 0.5) is 11.6 Å². The maximum Gasteiger partial charge on any atom is 0.267 e. The number of hydrogen-bond donors (Lipinski definition) is 3. The number of nitrogens with one attached hydrogen (secondary N) is 1. The molecule has 58 heavy (non-hydrogen) atoms. The summed E-state index contributed by atoms with van der Waals surface area (Å²) >= 11 is 12.1. The molecule has 19 heteroatoms. The molecule has 0 atom stereocenters. The second-order valence-corrected chi connectivity index (χ2v) is 15.6. The first kappa shape index (κ1) is 37.9. The van der Waals surface area contributed by atoms with Gasteiger partial charge in [0.05, 0.1) is 18.0 Å². The minimum absolute atomic E-state index is 0.211. The van der Waals surface area contributed by atoms with E-state index in [1.165, 1.54) is 22.8 Å². The van der Waals surface area contributed by atoms with Gasteiger partial charge in [-0.15, -0.1) is 10.2 Å². The van der Waals surface area contributed by atoms with Gasteiger partial charge in [-0.1, -0.05) is 53.0 Å². The van der Waals surface area contributed by atoms with Crippen LogP contribution in [0.25, 0.3) is 22.1 Å². The third-order valence-corrected chi connectivity index (χ3v) is 10.8. The summed E-state index contributed by atoms with van der Waals surface area (Å²) in [6, 6.07) is 24.3. The lowest BCUT2D eigenvalue weighted by Gasteiger charge is -2.06. The zero-order chi connectivity index (χ0) is 40.4. The molecule has 0 saturated carbocycles. The van der Waals surface area contributed by atoms with E-state index in [0.29, 0.717) is 67.4 Å². The average Bonchev–Trinajstić information content (AvgIpc) is 4.02. The van der Waals surface area contributed by atoms with Crippen LogP contribution < -0.4 is 20.9 Å². The number of aromatic amines is 1. The second kappa shape index (κ2) is 15.9. The van der Waals surface area contributed by atoms with E-state index in [4.69, 9.17) is 44.1 Å². The van der Waals surface area contributed by atoms with Gasteiger partial charge in [0.25, 0.3) is 21.8 Å². The van der Waals surface area contributed by atoms with Crippen LogP contribution in [0.2, 0.25) is 10.0 Å². The normalized spacial score (nSPS) is 11.4. The largest absolute Gasteiger partial charge is 0.437 e. The SMILES string of the molecule is Cc1ccc(S(=O)(=O)n2ccc(Cn3nc(Oc4cccc(Cl)c4)c4c(N)ncnc43)c2)cc1.Nc1ncnc2c1c(Oc1cccc(Cl)c1)nn2Cc1cc[nH]c1. The molecule has 6 aromatic heterocycles. The molecule has 9 rings (SSSR count). The number of nitrogen functional groups attached to an aromatic ring is 2. The van der Waals surface area contributed by atoms with Crippen molar-refractivity contribution in [2.45, 2.75) is 24.9 Å². The summed E-state index contributed by atoms with van der Waals surface area (Å²) in [5, 5.41) is 11.1. The number of ether oxygens (including phenoxy) is 2. The van der Waals surface area contributed by atoms with Crippen molar-refractivity contribution in [1.82, 2.24) is 48.5 Å². The first-order chi connectivity index (χ1) is 28.0. The van der Waals surface area contributed by atoms with Gasteiger partial charge < -0.3 is 25.9 Å². The van der Waals surface area contributed by atoms with Crippen molar-refractivity contribution in [3.63, 3.8) is 0 Å². The van der Waals surface area contributed by atoms with Gasteiger partial charge in [0.2, 0.25) is 0 Å². The summed E-state index contributed by atoms with van der Waals surface area (Å²) in [4.78, 5) is 19.9. The highest BCUT2D eigenvalue weighted by atomic mass is 35.5. The van der Waals surface area contributed by atoms with Gasteiger partial charge in [-0.25, -0.2) is 41.7 Å². The van der Waals surface area contributed by atoms with Crippen molar-refractivity contribution in [1.29, 1.82) is 0 Å². The minimum Gasteiger partial charge on any atom is -0.437 e. The van der Waals surface area contributed by atoms with Crippen molar-refractivity contribution < 1.29 is 17.9 Å². The van der Waals surface area contributed by atoms with Crippen molar-refractivity contribution in [2.75, 3.05) is 11.5 Å². The number of hydrogen-bond acceptors (Lipinski definition) is 12. The third-order valence-electron chi connectivity index (χ3n) is 8.73. The van der Waals surface area contributed by atoms with Crippen LogP contribution in [0.3, 0.4) is 0 Å². The Kier molecular flexibility index (Phi) is 10.4. The van der Waals surface area contributed by atoms with Crippen LogP contribution in [-0.4, -0.2) is 56.9 Å². The molecule has 0 amide bonds. The smallest absolute Gasteiger partial charge is 0.267 e. The summed E-state index contributed by atoms with van der Waals surface area (Å²) in [5.41, 5.74) is 15.9. The molecule has 0 fully saturated rings. The number of aryl methyl sites for hydroxylation is 1. The highest BCUT2D eigenvalue weighted by Crippen LogP contribution is 2.34. The summed E-state index contributed by atoms with van der Waals surface area (Å²) in [5.74, 6) is 2.16. The molecular formula is C39H32Cl2N12O4S. The molecule has 292 valence electrons. The molecule has 0 saturated heterocycles. The van der Waals surface area contributed by atoms with Crippen LogP contribution >= 0.6 is 23.2 Å². The number of aromatic nitrogens is 10. The van der Waals surface area contributed by atoms with Gasteiger partial charge in [-0.2, -0.15) is 0 Å². The number of nitrogens with zero attached hydrogens (tertiary/aromatic N) is 9. The van der Waals surface area contributed by atoms with Crippen LogP contribution in [0.15, 0.2) is 127 Å². The molecule has 0 aliphatic carbocycles. The van der Waals surface area contributed by atoms with Crippen LogP contribution in [-0.2, 0) is 23.1 Å². The number of rotatable bonds is 10. The van der Waals surface area contributed by atoms with E-state index in [1.807, 2.05) is 25.4 Å². The molecule has 0 radical (unpaired) electrons. The molecule has 0 aliphatic heterocycles. The average molecular weight is 836 g/mol. The van der Waals surface area contributed by atoms with E-state index in [-0.39, 0.29) is 23.1 Å². The predicted octanol–water partition coefficient (Wildman–Crippen LogP) is 7.48. The number of nitrogens with two attached hydrogens (primary N) is 2. The number of fused-ring (bicyclic) bond motifs is 2. The quantitative estimate of drug-likeness (QED) is 0.122. The standard InChI is InChI=1S/C23H19ClN6O3S.C16H13ClN6O/c1-15-5-7-19(8-6-15)34(31,32)29-10-9-16(12-29)13-30-22-20(21(25)26-14-27-22)23(28-30)33-18-4-2-3-17(24)11-18;17-11-2-1-3-12(6-11)24-16-13-14(18)20-9-21-15(13)23(22-16)8-10-4-5-19-7-10/h2-12,14H,13H2,1H3,(H2,25,26,27);1-7,9,19H,8H2,(H2,18,20,21). The number of H-pyrrole nitrogens is 1. The van der Waals surface area contributed by atoms with Gasteiger partial charge in [0.1, 0.15) is 46.6 Å². The van der Waals surface area contributed by atoms with Crippen LogP contribution in [0.5, 0.6) is 23.3 Å². The molecule has 9 aromatic rings. The molecular weight excluding hydrogens is 803 g/mol. The Morgan fingerprint density at radius 2 is 1.26 bits per heavy atom. The summed E-state index contributed by atoms with van der Waals surface area (Å²) in [6.45, 7) is 2.68. The minimum atomic E-state index is -3.71. The molecule has 16 nitrogen and oxygen atoms in total. The van der Waals surface area contributed by atoms with Crippen molar-refractivity contribution in [3.05, 3.63) is 149 Å². The van der Waals surface area contributed by atoms with E-state index >= 15 is 0 Å². The van der Waals surface area contributed by atoms with Gasteiger partial charge in [-0.05, 0) is 78.7 Å². The Hall–Kier alpha value is -6.95. The Bertz CT molecular complexity index is 3000. The molecule has 3 aromatic carbocycles. The fourth-order valence-corrected chi connectivity index (χ4v) is 7.52. The Balaban J connectivity index is 0.000000172. The number of benzene rings is 3. The van der Waals surface area contributed by atoms with Crippen molar-refractivity contribution in [3.8, 4) is 23.3 Å². The van der Waals surface area contributed by atoms with E-state index in [1.54, 1.807) is 94.4 Å². The Morgan fingerprint density at radius 3 is 1.78 bits per heavy atom. The highest BCUT2D eigenvalue weighted by Gasteiger charge is 2.21. The first-order valence-corrected chi connectivity index (χ1v) is 19.6. The van der Waals surface area contributed by atoms with E-state index in [0.717, 1.165) is 11.1 Å². The molecule has 0 spiro atoms. The maximum atomic E-state index is 13.0. The Morgan fingerprint density at radius 1 is 0.707 bits per heavy atom. The summed E-state index contributed by atoms with van der Waals surface area (Å²) < 4.78 is 42.2. The molecule has 5 N–H and O–H groups in total. The highest BCUT2D eigenvalue weighted by molar-refractivity contribution is 7.90. The predicted molar refractivity (Wildman–Crippen MR) is 220 cm³/mol.